The minimum Gasteiger partial charge on any atom is -0.452 e. The highest BCUT2D eigenvalue weighted by molar-refractivity contribution is 5.96. The van der Waals surface area contributed by atoms with E-state index in [1.165, 1.54) is 12.1 Å². The van der Waals surface area contributed by atoms with E-state index in [2.05, 4.69) is 10.2 Å². The van der Waals surface area contributed by atoms with Crippen molar-refractivity contribution in [3.05, 3.63) is 45.7 Å². The second-order valence-corrected chi connectivity index (χ2v) is 5.44. The van der Waals surface area contributed by atoms with Gasteiger partial charge in [0.25, 0.3) is 11.6 Å². The van der Waals surface area contributed by atoms with E-state index in [-0.39, 0.29) is 23.7 Å². The zero-order valence-electron chi connectivity index (χ0n) is 13.1. The molecule has 9 heteroatoms. The first-order valence-corrected chi connectivity index (χ1v) is 7.54. The topological polar surface area (TPSA) is 112 Å². The highest BCUT2D eigenvalue weighted by Crippen LogP contribution is 2.29. The van der Waals surface area contributed by atoms with Gasteiger partial charge in [-0.05, 0) is 18.9 Å². The summed E-state index contributed by atoms with van der Waals surface area (Å²) in [6.45, 7) is 3.06. The van der Waals surface area contributed by atoms with Gasteiger partial charge in [-0.2, -0.15) is 0 Å². The number of hydrogen-bond donors (Lipinski definition) is 0. The standard InChI is InChI=1S/C15H16N4O5/c1-10-16-17-14(24-10)9-23-15(20)12-8-11(19(21)22)4-5-13(12)18-6-2-3-7-18/h4-5,8H,2-3,6-7,9H2,1H3. The van der Waals surface area contributed by atoms with Crippen molar-refractivity contribution in [1.29, 1.82) is 0 Å². The van der Waals surface area contributed by atoms with Crippen LogP contribution in [0.25, 0.3) is 0 Å². The van der Waals surface area contributed by atoms with Crippen LogP contribution in [-0.4, -0.2) is 34.2 Å². The fourth-order valence-corrected chi connectivity index (χ4v) is 2.64. The summed E-state index contributed by atoms with van der Waals surface area (Å²) >= 11 is 0. The molecule has 2 aromatic rings. The molecular weight excluding hydrogens is 316 g/mol. The molecule has 1 aliphatic rings. The maximum atomic E-state index is 12.4. The molecule has 0 aliphatic carbocycles. The molecule has 0 radical (unpaired) electrons. The molecule has 0 N–H and O–H groups in total. The van der Waals surface area contributed by atoms with E-state index in [4.69, 9.17) is 9.15 Å². The Balaban J connectivity index is 1.83. The van der Waals surface area contributed by atoms with Crippen LogP contribution in [-0.2, 0) is 11.3 Å². The Hall–Kier alpha value is -2.97. The van der Waals surface area contributed by atoms with Gasteiger partial charge >= 0.3 is 5.97 Å². The lowest BCUT2D eigenvalue weighted by Crippen LogP contribution is -2.21. The molecule has 1 aliphatic heterocycles. The molecule has 1 fully saturated rings. The van der Waals surface area contributed by atoms with E-state index in [0.29, 0.717) is 11.6 Å². The van der Waals surface area contributed by atoms with Crippen LogP contribution in [0.1, 0.15) is 35.0 Å². The maximum Gasteiger partial charge on any atom is 0.341 e. The monoisotopic (exact) mass is 332 g/mol. The third-order valence-electron chi connectivity index (χ3n) is 3.75. The highest BCUT2D eigenvalue weighted by Gasteiger charge is 2.23. The van der Waals surface area contributed by atoms with Gasteiger partial charge in [-0.25, -0.2) is 4.79 Å². The Morgan fingerprint density at radius 2 is 2.12 bits per heavy atom. The van der Waals surface area contributed by atoms with Gasteiger partial charge in [0.2, 0.25) is 5.89 Å². The smallest absolute Gasteiger partial charge is 0.341 e. The van der Waals surface area contributed by atoms with Crippen molar-refractivity contribution >= 4 is 17.3 Å². The number of aromatic nitrogens is 2. The summed E-state index contributed by atoms with van der Waals surface area (Å²) in [5, 5.41) is 18.4. The predicted molar refractivity (Wildman–Crippen MR) is 82.7 cm³/mol. The summed E-state index contributed by atoms with van der Waals surface area (Å²) in [6.07, 6.45) is 2.04. The number of ether oxygens (including phenoxy) is 1. The van der Waals surface area contributed by atoms with Crippen LogP contribution in [0.15, 0.2) is 22.6 Å². The average molecular weight is 332 g/mol. The van der Waals surface area contributed by atoms with E-state index in [0.717, 1.165) is 25.9 Å². The fraction of sp³-hybridized carbons (Fsp3) is 0.400. The van der Waals surface area contributed by atoms with Gasteiger partial charge in [0.05, 0.1) is 16.2 Å². The molecule has 126 valence electrons. The van der Waals surface area contributed by atoms with Gasteiger partial charge in [0.15, 0.2) is 6.61 Å². The average Bonchev–Trinajstić information content (AvgIpc) is 3.23. The number of carbonyl (C=O) groups is 1. The zero-order chi connectivity index (χ0) is 17.1. The maximum absolute atomic E-state index is 12.4. The van der Waals surface area contributed by atoms with Crippen LogP contribution < -0.4 is 4.90 Å². The number of esters is 1. The number of rotatable bonds is 5. The third kappa shape index (κ3) is 3.34. The van der Waals surface area contributed by atoms with Gasteiger partial charge in [-0.3, -0.25) is 10.1 Å². The summed E-state index contributed by atoms with van der Waals surface area (Å²) in [7, 11) is 0. The van der Waals surface area contributed by atoms with Crippen molar-refractivity contribution in [3.8, 4) is 0 Å². The van der Waals surface area contributed by atoms with Crippen molar-refractivity contribution in [3.63, 3.8) is 0 Å². The molecule has 9 nitrogen and oxygen atoms in total. The van der Waals surface area contributed by atoms with Crippen molar-refractivity contribution in [1.82, 2.24) is 10.2 Å². The van der Waals surface area contributed by atoms with E-state index in [1.807, 2.05) is 4.90 Å². The Morgan fingerprint density at radius 1 is 1.38 bits per heavy atom. The highest BCUT2D eigenvalue weighted by atomic mass is 16.6. The number of nitro benzene ring substituents is 1. The molecule has 0 unspecified atom stereocenters. The van der Waals surface area contributed by atoms with Gasteiger partial charge in [-0.1, -0.05) is 0 Å². The molecule has 0 spiro atoms. The Labute approximate surface area is 137 Å². The molecule has 0 saturated carbocycles. The lowest BCUT2D eigenvalue weighted by atomic mass is 10.1. The minimum atomic E-state index is -0.656. The minimum absolute atomic E-state index is 0.154. The quantitative estimate of drug-likeness (QED) is 0.465. The summed E-state index contributed by atoms with van der Waals surface area (Å²) in [6, 6.07) is 4.23. The zero-order valence-corrected chi connectivity index (χ0v) is 13.1. The van der Waals surface area contributed by atoms with Gasteiger partial charge in [0.1, 0.15) is 0 Å². The van der Waals surface area contributed by atoms with Crippen LogP contribution in [0.4, 0.5) is 11.4 Å². The molecule has 1 aromatic heterocycles. The number of carbonyl (C=O) groups excluding carboxylic acids is 1. The SMILES string of the molecule is Cc1nnc(COC(=O)c2cc([N+](=O)[O-])ccc2N2CCCC2)o1. The van der Waals surface area contributed by atoms with Crippen LogP contribution in [0, 0.1) is 17.0 Å². The number of anilines is 1. The number of benzene rings is 1. The number of nitrogens with zero attached hydrogens (tertiary/aromatic N) is 4. The lowest BCUT2D eigenvalue weighted by molar-refractivity contribution is -0.384. The number of hydrogen-bond acceptors (Lipinski definition) is 8. The van der Waals surface area contributed by atoms with Crippen LogP contribution in [0.3, 0.4) is 0 Å². The van der Waals surface area contributed by atoms with E-state index in [9.17, 15) is 14.9 Å². The molecule has 1 saturated heterocycles. The predicted octanol–water partition coefficient (Wildman–Crippen LogP) is 2.24. The van der Waals surface area contributed by atoms with Gasteiger partial charge in [-0.15, -0.1) is 10.2 Å². The van der Waals surface area contributed by atoms with E-state index < -0.39 is 10.9 Å². The van der Waals surface area contributed by atoms with E-state index >= 15 is 0 Å². The number of nitro groups is 1. The van der Waals surface area contributed by atoms with Crippen LogP contribution in [0.5, 0.6) is 0 Å². The molecule has 0 atom stereocenters. The first-order chi connectivity index (χ1) is 11.5. The van der Waals surface area contributed by atoms with Crippen molar-refractivity contribution in [2.24, 2.45) is 0 Å². The first kappa shape index (κ1) is 15.9. The Morgan fingerprint density at radius 3 is 2.75 bits per heavy atom. The van der Waals surface area contributed by atoms with Crippen molar-refractivity contribution < 1.29 is 18.9 Å². The molecule has 0 bridgehead atoms. The van der Waals surface area contributed by atoms with Crippen molar-refractivity contribution in [2.45, 2.75) is 26.4 Å². The lowest BCUT2D eigenvalue weighted by Gasteiger charge is -2.20. The molecule has 24 heavy (non-hydrogen) atoms. The number of aryl methyl sites for hydroxylation is 1. The van der Waals surface area contributed by atoms with E-state index in [1.54, 1.807) is 13.0 Å². The Bertz CT molecular complexity index is 767. The second-order valence-electron chi connectivity index (χ2n) is 5.44. The molecule has 0 amide bonds. The van der Waals surface area contributed by atoms with Crippen molar-refractivity contribution in [2.75, 3.05) is 18.0 Å². The van der Waals surface area contributed by atoms with Gasteiger partial charge in [0, 0.05) is 32.1 Å². The van der Waals surface area contributed by atoms with Crippen LogP contribution in [0.2, 0.25) is 0 Å². The largest absolute Gasteiger partial charge is 0.452 e. The summed E-state index contributed by atoms with van der Waals surface area (Å²) in [5.74, 6) is -0.111. The summed E-state index contributed by atoms with van der Waals surface area (Å²) in [4.78, 5) is 24.9. The molecule has 1 aromatic carbocycles. The molecular formula is C15H16N4O5. The second kappa shape index (κ2) is 6.65. The number of non-ortho nitro benzene ring substituents is 1. The summed E-state index contributed by atoms with van der Waals surface area (Å²) < 4.78 is 10.3. The molecule has 3 rings (SSSR count). The molecule has 2 heterocycles. The third-order valence-corrected chi connectivity index (χ3v) is 3.75. The first-order valence-electron chi connectivity index (χ1n) is 7.54. The van der Waals surface area contributed by atoms with Gasteiger partial charge < -0.3 is 14.1 Å². The normalized spacial score (nSPS) is 14.0. The van der Waals surface area contributed by atoms with Crippen LogP contribution >= 0.6 is 0 Å². The fourth-order valence-electron chi connectivity index (χ4n) is 2.64. The summed E-state index contributed by atoms with van der Waals surface area (Å²) in [5.41, 5.74) is 0.658. The Kier molecular flexibility index (Phi) is 4.41.